The zero-order valence-electron chi connectivity index (χ0n) is 12.0. The van der Waals surface area contributed by atoms with E-state index in [1.54, 1.807) is 0 Å². The summed E-state index contributed by atoms with van der Waals surface area (Å²) in [5, 5.41) is 5.13. The number of hydrogen-bond donors (Lipinski definition) is 0. The summed E-state index contributed by atoms with van der Waals surface area (Å²) in [6.45, 7) is 6.52. The molecule has 0 heterocycles. The van der Waals surface area contributed by atoms with E-state index in [4.69, 9.17) is 0 Å². The van der Waals surface area contributed by atoms with Gasteiger partial charge >= 0.3 is 0 Å². The van der Waals surface area contributed by atoms with Gasteiger partial charge in [0.1, 0.15) is 0 Å². The number of allylic oxidation sites excluding steroid dienone is 3. The predicted octanol–water partition coefficient (Wildman–Crippen LogP) is 3.96. The largest absolute Gasteiger partial charge is 0.0908 e. The van der Waals surface area contributed by atoms with Crippen molar-refractivity contribution in [3.63, 3.8) is 0 Å². The third kappa shape index (κ3) is 2.12. The highest BCUT2D eigenvalue weighted by Gasteiger charge is 2.10. The first kappa shape index (κ1) is 12.9. The fourth-order valence-electron chi connectivity index (χ4n) is 3.00. The molecule has 2 aromatic rings. The smallest absolute Gasteiger partial charge is 0.00994 e. The lowest BCUT2D eigenvalue weighted by molar-refractivity contribution is 0.978. The van der Waals surface area contributed by atoms with Crippen LogP contribution in [0.5, 0.6) is 0 Å². The van der Waals surface area contributed by atoms with E-state index >= 15 is 0 Å². The first-order valence-electron chi connectivity index (χ1n) is 7.39. The molecule has 0 amide bonds. The van der Waals surface area contributed by atoms with Crippen LogP contribution in [-0.4, -0.2) is 0 Å². The highest BCUT2D eigenvalue weighted by molar-refractivity contribution is 5.93. The van der Waals surface area contributed by atoms with Gasteiger partial charge < -0.3 is 0 Å². The highest BCUT2D eigenvalue weighted by atomic mass is 14.1. The van der Waals surface area contributed by atoms with Crippen molar-refractivity contribution in [1.29, 1.82) is 0 Å². The van der Waals surface area contributed by atoms with Gasteiger partial charge in [-0.3, -0.25) is 0 Å². The quantitative estimate of drug-likeness (QED) is 0.767. The summed E-state index contributed by atoms with van der Waals surface area (Å²) in [4.78, 5) is 0. The molecule has 0 unspecified atom stereocenters. The van der Waals surface area contributed by atoms with Crippen LogP contribution >= 0.6 is 0 Å². The van der Waals surface area contributed by atoms with Crippen molar-refractivity contribution in [1.82, 2.24) is 0 Å². The zero-order valence-corrected chi connectivity index (χ0v) is 12.0. The van der Waals surface area contributed by atoms with E-state index in [2.05, 4.69) is 68.1 Å². The molecule has 100 valence electrons. The van der Waals surface area contributed by atoms with Gasteiger partial charge in [0.2, 0.25) is 0 Å². The van der Waals surface area contributed by atoms with Crippen LogP contribution in [0.3, 0.4) is 0 Å². The molecule has 0 N–H and O–H groups in total. The Balaban J connectivity index is 2.44. The van der Waals surface area contributed by atoms with Gasteiger partial charge in [-0.25, -0.2) is 0 Å². The molecule has 20 heavy (non-hydrogen) atoms. The maximum Gasteiger partial charge on any atom is -0.00994 e. The Bertz CT molecular complexity index is 804. The Labute approximate surface area is 120 Å². The Kier molecular flexibility index (Phi) is 3.56. The molecular formula is C20H20. The second-order valence-corrected chi connectivity index (χ2v) is 5.27. The van der Waals surface area contributed by atoms with Gasteiger partial charge in [-0.15, -0.1) is 0 Å². The van der Waals surface area contributed by atoms with Crippen molar-refractivity contribution in [3.05, 3.63) is 64.1 Å². The molecule has 0 saturated carbocycles. The van der Waals surface area contributed by atoms with Crippen LogP contribution in [0.15, 0.2) is 42.5 Å². The van der Waals surface area contributed by atoms with Crippen molar-refractivity contribution in [3.8, 4) is 0 Å². The molecule has 0 heteroatoms. The Morgan fingerprint density at radius 1 is 1.20 bits per heavy atom. The Hall–Kier alpha value is -2.08. The van der Waals surface area contributed by atoms with E-state index in [-0.39, 0.29) is 0 Å². The predicted molar refractivity (Wildman–Crippen MR) is 90.0 cm³/mol. The maximum absolute atomic E-state index is 4.36. The summed E-state index contributed by atoms with van der Waals surface area (Å²) in [6.07, 6.45) is 14.4. The lowest BCUT2D eigenvalue weighted by Crippen LogP contribution is -2.30. The lowest BCUT2D eigenvalue weighted by atomic mass is 9.89. The molecule has 0 spiro atoms. The monoisotopic (exact) mass is 260 g/mol. The number of rotatable bonds is 2. The van der Waals surface area contributed by atoms with Gasteiger partial charge in [-0.1, -0.05) is 68.1 Å². The first-order valence-corrected chi connectivity index (χ1v) is 7.39. The maximum atomic E-state index is 4.36. The second kappa shape index (κ2) is 5.50. The molecule has 0 aromatic heterocycles. The van der Waals surface area contributed by atoms with Gasteiger partial charge in [0.05, 0.1) is 0 Å². The minimum Gasteiger partial charge on any atom is -0.0908 e. The van der Waals surface area contributed by atoms with Crippen LogP contribution in [-0.2, 0) is 6.42 Å². The molecule has 0 nitrogen and oxygen atoms in total. The van der Waals surface area contributed by atoms with E-state index < -0.39 is 0 Å². The van der Waals surface area contributed by atoms with E-state index in [1.165, 1.54) is 32.3 Å². The minimum atomic E-state index is 1.06. The Morgan fingerprint density at radius 3 is 2.80 bits per heavy atom. The summed E-state index contributed by atoms with van der Waals surface area (Å²) < 4.78 is 0. The van der Waals surface area contributed by atoms with Crippen LogP contribution in [0.25, 0.3) is 29.5 Å². The van der Waals surface area contributed by atoms with Crippen LogP contribution in [0.1, 0.15) is 30.9 Å². The van der Waals surface area contributed by atoms with E-state index in [0.717, 1.165) is 19.3 Å². The van der Waals surface area contributed by atoms with E-state index in [1.807, 2.05) is 0 Å². The standard InChI is InChI=1S/C20H20/c1-3-4-5-10-16-15(2)17-11-6-7-12-19(17)20-14-9-8-13-18(16)20/h4-5,7-10,12-14H,2-3,6,11H2,1H3/b5-4-,16-10+. The van der Waals surface area contributed by atoms with Crippen molar-refractivity contribution in [2.24, 2.45) is 0 Å². The van der Waals surface area contributed by atoms with Gasteiger partial charge in [-0.05, 0) is 51.6 Å². The lowest BCUT2D eigenvalue weighted by Gasteiger charge is -2.15. The molecule has 0 radical (unpaired) electrons. The average molecular weight is 260 g/mol. The molecule has 0 atom stereocenters. The third-order valence-corrected chi connectivity index (χ3v) is 4.00. The molecule has 3 rings (SSSR count). The van der Waals surface area contributed by atoms with Crippen molar-refractivity contribution >= 4 is 29.5 Å². The summed E-state index contributed by atoms with van der Waals surface area (Å²) in [5.41, 5.74) is 2.79. The molecule has 0 aliphatic heterocycles. The van der Waals surface area contributed by atoms with Gasteiger partial charge in [-0.2, -0.15) is 0 Å². The highest BCUT2D eigenvalue weighted by Crippen LogP contribution is 2.23. The number of benzene rings is 2. The number of fused-ring (bicyclic) bond motifs is 3. The van der Waals surface area contributed by atoms with Crippen LogP contribution in [0.2, 0.25) is 0 Å². The summed E-state index contributed by atoms with van der Waals surface area (Å²) in [7, 11) is 0. The SMILES string of the molecule is C=c1c2c(c3ccccc3/c1=C/C=C\CC)C=CCC2. The van der Waals surface area contributed by atoms with Crippen LogP contribution in [0, 0.1) is 0 Å². The first-order chi connectivity index (χ1) is 9.83. The van der Waals surface area contributed by atoms with Gasteiger partial charge in [0.15, 0.2) is 0 Å². The van der Waals surface area contributed by atoms with Gasteiger partial charge in [0, 0.05) is 0 Å². The summed E-state index contributed by atoms with van der Waals surface area (Å²) >= 11 is 0. The fourth-order valence-corrected chi connectivity index (χ4v) is 3.00. The molecule has 0 bridgehead atoms. The van der Waals surface area contributed by atoms with Crippen molar-refractivity contribution in [2.45, 2.75) is 26.2 Å². The van der Waals surface area contributed by atoms with E-state index in [0.29, 0.717) is 0 Å². The fraction of sp³-hybridized carbons (Fsp3) is 0.200. The molecular weight excluding hydrogens is 240 g/mol. The molecule has 0 fully saturated rings. The normalized spacial score (nSPS) is 15.2. The number of hydrogen-bond acceptors (Lipinski definition) is 0. The molecule has 0 saturated heterocycles. The molecule has 2 aromatic carbocycles. The second-order valence-electron chi connectivity index (χ2n) is 5.27. The summed E-state index contributed by atoms with van der Waals surface area (Å²) in [6, 6.07) is 8.67. The van der Waals surface area contributed by atoms with Crippen LogP contribution in [0.4, 0.5) is 0 Å². The van der Waals surface area contributed by atoms with Crippen molar-refractivity contribution < 1.29 is 0 Å². The zero-order chi connectivity index (χ0) is 13.9. The van der Waals surface area contributed by atoms with Crippen molar-refractivity contribution in [2.75, 3.05) is 0 Å². The Morgan fingerprint density at radius 2 is 2.00 bits per heavy atom. The summed E-state index contributed by atoms with van der Waals surface area (Å²) in [5.74, 6) is 0. The molecule has 1 aliphatic rings. The molecule has 1 aliphatic carbocycles. The average Bonchev–Trinajstić information content (AvgIpc) is 2.51. The van der Waals surface area contributed by atoms with Gasteiger partial charge in [0.25, 0.3) is 0 Å². The minimum absolute atomic E-state index is 1.06. The van der Waals surface area contributed by atoms with Crippen LogP contribution < -0.4 is 10.4 Å². The van der Waals surface area contributed by atoms with E-state index in [9.17, 15) is 0 Å². The third-order valence-electron chi connectivity index (χ3n) is 4.00. The topological polar surface area (TPSA) is 0 Å².